The Morgan fingerprint density at radius 3 is 2.54 bits per heavy atom. The quantitative estimate of drug-likeness (QED) is 0.255. The van der Waals surface area contributed by atoms with Crippen LogP contribution in [0.25, 0.3) is 0 Å². The van der Waals surface area contributed by atoms with E-state index in [1.165, 1.54) is 7.11 Å². The molecule has 0 heterocycles. The second-order valence-corrected chi connectivity index (χ2v) is 3.58. The first kappa shape index (κ1) is 12.3. The molecule has 5 heteroatoms. The number of likely N-dealkylation sites (N-methyl/N-ethyl adjacent to an activating group) is 1. The molecule has 0 spiro atoms. The van der Waals surface area contributed by atoms with E-state index < -0.39 is 6.10 Å². The van der Waals surface area contributed by atoms with Crippen LogP contribution in [0, 0.1) is 0 Å². The van der Waals surface area contributed by atoms with Crippen LogP contribution in [-0.2, 0) is 4.74 Å². The van der Waals surface area contributed by atoms with Gasteiger partial charge >= 0.3 is 0 Å². The summed E-state index contributed by atoms with van der Waals surface area (Å²) in [7, 11) is 4.95. The van der Waals surface area contributed by atoms with Gasteiger partial charge < -0.3 is 14.9 Å². The molecule has 1 unspecified atom stereocenters. The minimum atomic E-state index is -0.478. The number of ether oxygens (including phenoxy) is 1. The van der Waals surface area contributed by atoms with Crippen LogP contribution in [0.1, 0.15) is 6.92 Å². The third-order valence-corrected chi connectivity index (χ3v) is 1.36. The number of aliphatic hydroxyl groups is 1. The Morgan fingerprint density at radius 2 is 2.15 bits per heavy atom. The second-order valence-electron chi connectivity index (χ2n) is 3.58. The monoisotopic (exact) mass is 190 g/mol. The predicted molar refractivity (Wildman–Crippen MR) is 48.0 cm³/mol. The minimum absolute atomic E-state index is 0.0124. The lowest BCUT2D eigenvalue weighted by Gasteiger charge is -2.26. The maximum absolute atomic E-state index is 11.1. The molecule has 0 radical (unpaired) electrons. The maximum atomic E-state index is 11.1. The summed E-state index contributed by atoms with van der Waals surface area (Å²) in [5.41, 5.74) is 0. The SMILES string of the molecule is COC/C([O-])=N/[N+](C)(C)CC(C)O. The molecule has 0 aliphatic rings. The molecule has 0 saturated carbocycles. The lowest BCUT2D eigenvalue weighted by molar-refractivity contribution is -0.901. The molecule has 0 aliphatic carbocycles. The number of quaternary nitrogens is 1. The van der Waals surface area contributed by atoms with Crippen LogP contribution in [0.5, 0.6) is 0 Å². The number of hydrogen-bond acceptors (Lipinski definition) is 4. The number of aliphatic hydroxyl groups excluding tert-OH is 1. The van der Waals surface area contributed by atoms with Crippen LogP contribution >= 0.6 is 0 Å². The van der Waals surface area contributed by atoms with Crippen molar-refractivity contribution in [1.82, 2.24) is 0 Å². The van der Waals surface area contributed by atoms with E-state index in [9.17, 15) is 5.11 Å². The van der Waals surface area contributed by atoms with Crippen LogP contribution < -0.4 is 5.11 Å². The standard InChI is InChI=1S/C8H18N2O3/c1-7(11)5-10(2,3)9-8(12)6-13-4/h7,11H,5-6H2,1-4H3. The van der Waals surface area contributed by atoms with Gasteiger partial charge in [-0.3, -0.25) is 0 Å². The maximum Gasteiger partial charge on any atom is 0.128 e. The van der Waals surface area contributed by atoms with Crippen LogP contribution in [0.15, 0.2) is 5.10 Å². The fraction of sp³-hybridized carbons (Fsp3) is 0.875. The van der Waals surface area contributed by atoms with Crippen LogP contribution in [-0.4, -0.2) is 56.1 Å². The van der Waals surface area contributed by atoms with Gasteiger partial charge in [-0.15, -0.1) is 5.10 Å². The summed E-state index contributed by atoms with van der Waals surface area (Å²) < 4.78 is 4.76. The second kappa shape index (κ2) is 5.16. The molecular formula is C8H18N2O3. The number of methoxy groups -OCH3 is 1. The Bertz CT molecular complexity index is 178. The van der Waals surface area contributed by atoms with Gasteiger partial charge in [0.15, 0.2) is 0 Å². The van der Waals surface area contributed by atoms with Crippen molar-refractivity contribution in [3.63, 3.8) is 0 Å². The van der Waals surface area contributed by atoms with Crippen molar-refractivity contribution >= 4 is 5.90 Å². The molecule has 0 aromatic heterocycles. The molecule has 1 N–H and O–H groups in total. The highest BCUT2D eigenvalue weighted by Crippen LogP contribution is 2.00. The number of rotatable bonds is 5. The van der Waals surface area contributed by atoms with Gasteiger partial charge in [-0.2, -0.15) is 0 Å². The average Bonchev–Trinajstić information content (AvgIpc) is 1.81. The number of nitrogens with zero attached hydrogens (tertiary/aromatic N) is 2. The van der Waals surface area contributed by atoms with Gasteiger partial charge in [0.1, 0.15) is 12.6 Å². The van der Waals surface area contributed by atoms with E-state index in [0.717, 1.165) is 0 Å². The first-order valence-electron chi connectivity index (χ1n) is 4.13. The first-order valence-corrected chi connectivity index (χ1v) is 4.13. The minimum Gasteiger partial charge on any atom is -0.856 e. The lowest BCUT2D eigenvalue weighted by atomic mass is 10.4. The predicted octanol–water partition coefficient (Wildman–Crippen LogP) is -1.24. The molecule has 0 saturated heterocycles. The molecule has 0 aliphatic heterocycles. The Morgan fingerprint density at radius 1 is 1.62 bits per heavy atom. The van der Waals surface area contributed by atoms with Crippen LogP contribution in [0.2, 0.25) is 0 Å². The summed E-state index contributed by atoms with van der Waals surface area (Å²) in [6.07, 6.45) is -0.478. The van der Waals surface area contributed by atoms with Crippen molar-refractivity contribution in [1.29, 1.82) is 0 Å². The highest BCUT2D eigenvalue weighted by molar-refractivity contribution is 5.71. The molecule has 5 nitrogen and oxygen atoms in total. The third kappa shape index (κ3) is 6.51. The van der Waals surface area contributed by atoms with Crippen molar-refractivity contribution in [2.24, 2.45) is 5.10 Å². The van der Waals surface area contributed by atoms with Crippen LogP contribution in [0.4, 0.5) is 0 Å². The van der Waals surface area contributed by atoms with Gasteiger partial charge in [0.25, 0.3) is 0 Å². The molecule has 0 aromatic carbocycles. The molecule has 0 bridgehead atoms. The van der Waals surface area contributed by atoms with E-state index in [-0.39, 0.29) is 17.1 Å². The zero-order valence-corrected chi connectivity index (χ0v) is 8.65. The van der Waals surface area contributed by atoms with E-state index in [2.05, 4.69) is 9.84 Å². The molecule has 0 fully saturated rings. The molecule has 0 aromatic rings. The molecule has 0 rings (SSSR count). The van der Waals surface area contributed by atoms with Crippen molar-refractivity contribution in [2.45, 2.75) is 13.0 Å². The summed E-state index contributed by atoms with van der Waals surface area (Å²) in [6.45, 7) is 2.06. The molecule has 13 heavy (non-hydrogen) atoms. The van der Waals surface area contributed by atoms with E-state index in [1.54, 1.807) is 21.0 Å². The largest absolute Gasteiger partial charge is 0.856 e. The summed E-state index contributed by atoms with van der Waals surface area (Å²) in [4.78, 5) is 0. The normalized spacial score (nSPS) is 15.9. The Balaban J connectivity index is 4.20. The summed E-state index contributed by atoms with van der Waals surface area (Å²) in [6, 6.07) is 0. The zero-order valence-electron chi connectivity index (χ0n) is 8.65. The Hall–Kier alpha value is -0.650. The molecule has 0 amide bonds. The van der Waals surface area contributed by atoms with Crippen LogP contribution in [0.3, 0.4) is 0 Å². The van der Waals surface area contributed by atoms with Gasteiger partial charge in [-0.25, -0.2) is 4.59 Å². The first-order chi connectivity index (χ1) is 5.87. The summed E-state index contributed by atoms with van der Waals surface area (Å²) >= 11 is 0. The van der Waals surface area contributed by atoms with E-state index >= 15 is 0 Å². The summed E-state index contributed by atoms with van der Waals surface area (Å²) in [5, 5.41) is 24.0. The third-order valence-electron chi connectivity index (χ3n) is 1.36. The Kier molecular flexibility index (Phi) is 4.90. The highest BCUT2D eigenvalue weighted by Gasteiger charge is 2.16. The zero-order chi connectivity index (χ0) is 10.5. The van der Waals surface area contributed by atoms with Gasteiger partial charge in [0.05, 0.1) is 20.7 Å². The van der Waals surface area contributed by atoms with Gasteiger partial charge in [-0.1, -0.05) is 0 Å². The van der Waals surface area contributed by atoms with Crippen molar-refractivity contribution in [3.05, 3.63) is 0 Å². The highest BCUT2D eigenvalue weighted by atomic mass is 16.5. The fourth-order valence-corrected chi connectivity index (χ4v) is 1.14. The lowest BCUT2D eigenvalue weighted by Crippen LogP contribution is -2.42. The van der Waals surface area contributed by atoms with E-state index in [0.29, 0.717) is 6.54 Å². The number of hydrogen-bond donors (Lipinski definition) is 1. The molecular weight excluding hydrogens is 172 g/mol. The van der Waals surface area contributed by atoms with Crippen molar-refractivity contribution < 1.29 is 19.5 Å². The topological polar surface area (TPSA) is 64.9 Å². The van der Waals surface area contributed by atoms with E-state index in [1.807, 2.05) is 0 Å². The molecule has 1 atom stereocenters. The fourth-order valence-electron chi connectivity index (χ4n) is 1.14. The van der Waals surface area contributed by atoms with Gasteiger partial charge in [0, 0.05) is 13.0 Å². The van der Waals surface area contributed by atoms with Gasteiger partial charge in [-0.05, 0) is 6.92 Å². The van der Waals surface area contributed by atoms with Gasteiger partial charge in [0.2, 0.25) is 0 Å². The van der Waals surface area contributed by atoms with Crippen molar-refractivity contribution in [2.75, 3.05) is 34.4 Å². The Labute approximate surface area is 78.8 Å². The van der Waals surface area contributed by atoms with E-state index in [4.69, 9.17) is 5.11 Å². The average molecular weight is 190 g/mol. The van der Waals surface area contributed by atoms with Crippen molar-refractivity contribution in [3.8, 4) is 0 Å². The smallest absolute Gasteiger partial charge is 0.128 e. The molecule has 78 valence electrons. The summed E-state index contributed by atoms with van der Waals surface area (Å²) in [5.74, 6) is -0.312.